The highest BCUT2D eigenvalue weighted by molar-refractivity contribution is 9.10. The Balaban J connectivity index is 2.61. The van der Waals surface area contributed by atoms with E-state index in [9.17, 15) is 0 Å². The van der Waals surface area contributed by atoms with Gasteiger partial charge >= 0.3 is 0 Å². The topological polar surface area (TPSA) is 65.1 Å². The molecule has 1 unspecified atom stereocenters. The molecule has 0 saturated heterocycles. The van der Waals surface area contributed by atoms with Gasteiger partial charge in [0.15, 0.2) is 5.75 Å². The van der Waals surface area contributed by atoms with E-state index in [-0.39, 0.29) is 12.1 Å². The molecule has 2 rings (SSSR count). The lowest BCUT2D eigenvalue weighted by Crippen LogP contribution is -2.31. The Morgan fingerprint density at radius 3 is 2.67 bits per heavy atom. The van der Waals surface area contributed by atoms with Crippen LogP contribution in [0.1, 0.15) is 42.8 Å². The zero-order valence-electron chi connectivity index (χ0n) is 12.7. The number of ether oxygens (including phenoxy) is 1. The number of benzene rings is 1. The highest BCUT2D eigenvalue weighted by Crippen LogP contribution is 2.35. The molecule has 0 radical (unpaired) electrons. The minimum Gasteiger partial charge on any atom is -0.493 e. The summed E-state index contributed by atoms with van der Waals surface area (Å²) in [6.45, 7) is 6.21. The van der Waals surface area contributed by atoms with Crippen LogP contribution in [0.3, 0.4) is 0 Å². The van der Waals surface area contributed by atoms with Crippen molar-refractivity contribution in [1.82, 2.24) is 15.2 Å². The predicted molar refractivity (Wildman–Crippen MR) is 87.2 cm³/mol. The van der Waals surface area contributed by atoms with Crippen LogP contribution in [0, 0.1) is 6.92 Å². The van der Waals surface area contributed by atoms with Crippen LogP contribution in [-0.4, -0.2) is 16.9 Å². The summed E-state index contributed by atoms with van der Waals surface area (Å²) in [4.78, 5) is 0. The summed E-state index contributed by atoms with van der Waals surface area (Å²) in [7, 11) is 1.64. The van der Waals surface area contributed by atoms with Crippen molar-refractivity contribution < 1.29 is 4.74 Å². The molecule has 5 nitrogen and oxygen atoms in total. The van der Waals surface area contributed by atoms with Crippen molar-refractivity contribution in [2.24, 2.45) is 5.84 Å². The van der Waals surface area contributed by atoms with Crippen molar-refractivity contribution in [3.05, 3.63) is 45.7 Å². The number of halogens is 1. The first-order chi connectivity index (χ1) is 10.0. The molecule has 0 amide bonds. The molecule has 0 spiro atoms. The molecule has 114 valence electrons. The number of hydrogen-bond donors (Lipinski definition) is 2. The number of aromatic nitrogens is 2. The molecule has 1 heterocycles. The first-order valence-electron chi connectivity index (χ1n) is 6.83. The Bertz CT molecular complexity index is 624. The van der Waals surface area contributed by atoms with E-state index in [0.717, 1.165) is 27.0 Å². The molecule has 1 aromatic heterocycles. The highest BCUT2D eigenvalue weighted by Gasteiger charge is 2.25. The molecule has 0 aliphatic carbocycles. The van der Waals surface area contributed by atoms with Gasteiger partial charge in [-0.2, -0.15) is 5.10 Å². The average Bonchev–Trinajstić information content (AvgIpc) is 2.88. The van der Waals surface area contributed by atoms with Crippen molar-refractivity contribution in [2.75, 3.05) is 7.11 Å². The minimum absolute atomic E-state index is 0.209. The second-order valence-electron chi connectivity index (χ2n) is 5.21. The molecule has 0 aliphatic rings. The monoisotopic (exact) mass is 352 g/mol. The van der Waals surface area contributed by atoms with Gasteiger partial charge in [-0.25, -0.2) is 5.43 Å². The summed E-state index contributed by atoms with van der Waals surface area (Å²) in [5.41, 5.74) is 6.01. The van der Waals surface area contributed by atoms with Gasteiger partial charge in [0, 0.05) is 10.5 Å². The standard InChI is InChI=1S/C15H21BrN4O/c1-9(2)20-15(12(21-4)8-18-20)14(19-17)11-7-5-6-10(3)13(11)16/h5-9,14,19H,17H2,1-4H3. The van der Waals surface area contributed by atoms with Crippen LogP contribution in [0.2, 0.25) is 0 Å². The fourth-order valence-corrected chi connectivity index (χ4v) is 2.90. The summed E-state index contributed by atoms with van der Waals surface area (Å²) in [5.74, 6) is 6.56. The van der Waals surface area contributed by atoms with Crippen LogP contribution in [0.5, 0.6) is 5.75 Å². The van der Waals surface area contributed by atoms with E-state index in [2.05, 4.69) is 53.3 Å². The van der Waals surface area contributed by atoms with Crippen molar-refractivity contribution in [1.29, 1.82) is 0 Å². The molecular formula is C15H21BrN4O. The van der Waals surface area contributed by atoms with Gasteiger partial charge in [0.05, 0.1) is 19.3 Å². The molecule has 2 aromatic rings. The lowest BCUT2D eigenvalue weighted by atomic mass is 10.0. The second kappa shape index (κ2) is 6.60. The van der Waals surface area contributed by atoms with Crippen LogP contribution in [-0.2, 0) is 0 Å². The van der Waals surface area contributed by atoms with Crippen LogP contribution in [0.25, 0.3) is 0 Å². The van der Waals surface area contributed by atoms with Crippen molar-refractivity contribution in [3.8, 4) is 5.75 Å². The number of rotatable bonds is 5. The maximum Gasteiger partial charge on any atom is 0.161 e. The van der Waals surface area contributed by atoms with Gasteiger partial charge in [0.1, 0.15) is 5.69 Å². The Morgan fingerprint density at radius 2 is 2.10 bits per heavy atom. The van der Waals surface area contributed by atoms with Gasteiger partial charge < -0.3 is 4.74 Å². The van der Waals surface area contributed by atoms with Crippen LogP contribution < -0.4 is 16.0 Å². The summed E-state index contributed by atoms with van der Waals surface area (Å²) in [6.07, 6.45) is 1.73. The van der Waals surface area contributed by atoms with E-state index in [4.69, 9.17) is 10.6 Å². The van der Waals surface area contributed by atoms with Crippen LogP contribution in [0.15, 0.2) is 28.9 Å². The van der Waals surface area contributed by atoms with Crippen LogP contribution in [0.4, 0.5) is 0 Å². The van der Waals surface area contributed by atoms with Crippen molar-refractivity contribution in [3.63, 3.8) is 0 Å². The summed E-state index contributed by atoms with van der Waals surface area (Å²) < 4.78 is 8.42. The molecule has 1 atom stereocenters. The maximum absolute atomic E-state index is 5.84. The fraction of sp³-hybridized carbons (Fsp3) is 0.400. The Labute approximate surface area is 133 Å². The molecule has 6 heteroatoms. The zero-order valence-corrected chi connectivity index (χ0v) is 14.3. The second-order valence-corrected chi connectivity index (χ2v) is 6.01. The van der Waals surface area contributed by atoms with E-state index >= 15 is 0 Å². The largest absolute Gasteiger partial charge is 0.493 e. The Morgan fingerprint density at radius 1 is 1.38 bits per heavy atom. The van der Waals surface area contributed by atoms with Crippen molar-refractivity contribution in [2.45, 2.75) is 32.9 Å². The number of aryl methyl sites for hydroxylation is 1. The molecule has 3 N–H and O–H groups in total. The van der Waals surface area contributed by atoms with E-state index in [1.165, 1.54) is 0 Å². The molecule has 21 heavy (non-hydrogen) atoms. The van der Waals surface area contributed by atoms with Gasteiger partial charge in [-0.1, -0.05) is 34.1 Å². The summed E-state index contributed by atoms with van der Waals surface area (Å²) in [5, 5.41) is 4.41. The maximum atomic E-state index is 5.84. The van der Waals surface area contributed by atoms with E-state index in [1.807, 2.05) is 16.8 Å². The highest BCUT2D eigenvalue weighted by atomic mass is 79.9. The van der Waals surface area contributed by atoms with E-state index in [0.29, 0.717) is 0 Å². The average molecular weight is 353 g/mol. The lowest BCUT2D eigenvalue weighted by molar-refractivity contribution is 0.394. The van der Waals surface area contributed by atoms with Gasteiger partial charge in [0.25, 0.3) is 0 Å². The minimum atomic E-state index is -0.209. The Kier molecular flexibility index (Phi) is 5.03. The first kappa shape index (κ1) is 16.0. The van der Waals surface area contributed by atoms with E-state index in [1.54, 1.807) is 13.3 Å². The number of nitrogens with zero attached hydrogens (tertiary/aromatic N) is 2. The molecular weight excluding hydrogens is 332 g/mol. The molecule has 1 aromatic carbocycles. The number of methoxy groups -OCH3 is 1. The Hall–Kier alpha value is -1.37. The SMILES string of the molecule is COc1cnn(C(C)C)c1C(NN)c1cccc(C)c1Br. The van der Waals surface area contributed by atoms with Gasteiger partial charge in [-0.3, -0.25) is 10.5 Å². The normalized spacial score (nSPS) is 12.7. The number of nitrogens with one attached hydrogen (secondary N) is 1. The third-order valence-corrected chi connectivity index (χ3v) is 4.56. The zero-order chi connectivity index (χ0) is 15.6. The number of nitrogens with two attached hydrogens (primary N) is 1. The summed E-state index contributed by atoms with van der Waals surface area (Å²) >= 11 is 3.65. The third kappa shape index (κ3) is 2.97. The quantitative estimate of drug-likeness (QED) is 0.640. The fourth-order valence-electron chi connectivity index (χ4n) is 2.41. The smallest absolute Gasteiger partial charge is 0.161 e. The third-order valence-electron chi connectivity index (χ3n) is 3.48. The molecule has 0 bridgehead atoms. The molecule has 0 aliphatic heterocycles. The van der Waals surface area contributed by atoms with Crippen LogP contribution >= 0.6 is 15.9 Å². The van der Waals surface area contributed by atoms with Gasteiger partial charge in [0.2, 0.25) is 0 Å². The number of hydrazine groups is 1. The molecule has 0 saturated carbocycles. The van der Waals surface area contributed by atoms with E-state index < -0.39 is 0 Å². The number of hydrogen-bond acceptors (Lipinski definition) is 4. The molecule has 0 fully saturated rings. The summed E-state index contributed by atoms with van der Waals surface area (Å²) in [6, 6.07) is 6.11. The predicted octanol–water partition coefficient (Wildman–Crippen LogP) is 3.10. The van der Waals surface area contributed by atoms with Gasteiger partial charge in [-0.05, 0) is 31.9 Å². The van der Waals surface area contributed by atoms with Crippen molar-refractivity contribution >= 4 is 15.9 Å². The first-order valence-corrected chi connectivity index (χ1v) is 7.63. The lowest BCUT2D eigenvalue weighted by Gasteiger charge is -2.22. The van der Waals surface area contributed by atoms with Gasteiger partial charge in [-0.15, -0.1) is 0 Å².